The van der Waals surface area contributed by atoms with Crippen LogP contribution in [0.25, 0.3) is 0 Å². The van der Waals surface area contributed by atoms with E-state index in [9.17, 15) is 5.11 Å². The molecule has 2 aromatic carbocycles. The molecule has 6 heteroatoms. The highest BCUT2D eigenvalue weighted by Gasteiger charge is 2.22. The monoisotopic (exact) mass is 469 g/mol. The van der Waals surface area contributed by atoms with Crippen LogP contribution in [-0.2, 0) is 12.1 Å². The minimum Gasteiger partial charge on any atom is -0.497 e. The van der Waals surface area contributed by atoms with Gasteiger partial charge in [-0.2, -0.15) is 0 Å². The van der Waals surface area contributed by atoms with Gasteiger partial charge in [-0.15, -0.1) is 24.0 Å². The Morgan fingerprint density at radius 3 is 2.31 bits per heavy atom. The summed E-state index contributed by atoms with van der Waals surface area (Å²) < 4.78 is 5.16. The van der Waals surface area contributed by atoms with Crippen molar-refractivity contribution in [2.45, 2.75) is 26.0 Å². The first-order chi connectivity index (χ1) is 12.0. The van der Waals surface area contributed by atoms with E-state index in [-0.39, 0.29) is 24.0 Å². The highest BCUT2D eigenvalue weighted by atomic mass is 127. The van der Waals surface area contributed by atoms with Gasteiger partial charge in [-0.1, -0.05) is 42.5 Å². The van der Waals surface area contributed by atoms with Gasteiger partial charge in [-0.3, -0.25) is 0 Å². The molecule has 142 valence electrons. The van der Waals surface area contributed by atoms with Crippen molar-refractivity contribution in [1.82, 2.24) is 10.6 Å². The van der Waals surface area contributed by atoms with Crippen molar-refractivity contribution in [2.75, 3.05) is 20.2 Å². The molecule has 0 aliphatic heterocycles. The summed E-state index contributed by atoms with van der Waals surface area (Å²) in [6.07, 6.45) is 0. The lowest BCUT2D eigenvalue weighted by Gasteiger charge is -2.25. The van der Waals surface area contributed by atoms with Gasteiger partial charge in [0.25, 0.3) is 0 Å². The zero-order chi connectivity index (χ0) is 18.1. The number of aliphatic imine (C=N–C) groups is 1. The van der Waals surface area contributed by atoms with E-state index in [0.717, 1.165) is 23.4 Å². The maximum Gasteiger partial charge on any atom is 0.191 e. The number of guanidine groups is 1. The Morgan fingerprint density at radius 2 is 1.73 bits per heavy atom. The molecular formula is C20H28IN3O2. The fourth-order valence-corrected chi connectivity index (χ4v) is 2.40. The first-order valence-electron chi connectivity index (χ1n) is 8.48. The molecule has 0 aliphatic rings. The summed E-state index contributed by atoms with van der Waals surface area (Å²) in [4.78, 5) is 4.58. The molecule has 0 bridgehead atoms. The van der Waals surface area contributed by atoms with Gasteiger partial charge in [0.2, 0.25) is 0 Å². The SMILES string of the molecule is CCNC(=NCc1ccc(OC)cc1)NCC(C)(O)c1ccccc1.I. The topological polar surface area (TPSA) is 65.9 Å². The van der Waals surface area contributed by atoms with Crippen molar-refractivity contribution < 1.29 is 9.84 Å². The van der Waals surface area contributed by atoms with Crippen LogP contribution in [0.5, 0.6) is 5.75 Å². The molecule has 2 rings (SSSR count). The quantitative estimate of drug-likeness (QED) is 0.331. The smallest absolute Gasteiger partial charge is 0.191 e. The Balaban J connectivity index is 0.00000338. The number of halogens is 1. The van der Waals surface area contributed by atoms with Crippen molar-refractivity contribution in [2.24, 2.45) is 4.99 Å². The molecule has 0 heterocycles. The third kappa shape index (κ3) is 6.84. The van der Waals surface area contributed by atoms with Crippen molar-refractivity contribution in [3.05, 3.63) is 65.7 Å². The summed E-state index contributed by atoms with van der Waals surface area (Å²) in [5, 5.41) is 17.1. The average Bonchev–Trinajstić information content (AvgIpc) is 2.65. The van der Waals surface area contributed by atoms with Crippen molar-refractivity contribution in [3.8, 4) is 5.75 Å². The molecule has 3 N–H and O–H groups in total. The minimum absolute atomic E-state index is 0. The first kappa shape index (κ1) is 22.2. The van der Waals surface area contributed by atoms with E-state index >= 15 is 0 Å². The normalized spacial score (nSPS) is 13.3. The van der Waals surface area contributed by atoms with Gasteiger partial charge in [0.15, 0.2) is 5.96 Å². The Bertz CT molecular complexity index is 673. The number of methoxy groups -OCH3 is 1. The first-order valence-corrected chi connectivity index (χ1v) is 8.48. The van der Waals surface area contributed by atoms with Crippen LogP contribution in [0.15, 0.2) is 59.6 Å². The van der Waals surface area contributed by atoms with E-state index in [1.54, 1.807) is 14.0 Å². The predicted molar refractivity (Wildman–Crippen MR) is 117 cm³/mol. The van der Waals surface area contributed by atoms with E-state index in [1.807, 2.05) is 61.5 Å². The van der Waals surface area contributed by atoms with Crippen LogP contribution >= 0.6 is 24.0 Å². The van der Waals surface area contributed by atoms with Crippen LogP contribution in [-0.4, -0.2) is 31.3 Å². The van der Waals surface area contributed by atoms with Gasteiger partial charge in [0.1, 0.15) is 11.4 Å². The Labute approximate surface area is 172 Å². The number of aliphatic hydroxyl groups is 1. The number of nitrogens with one attached hydrogen (secondary N) is 2. The van der Waals surface area contributed by atoms with Gasteiger partial charge >= 0.3 is 0 Å². The Kier molecular flexibility index (Phi) is 9.43. The summed E-state index contributed by atoms with van der Waals surface area (Å²) in [6.45, 7) is 5.47. The Morgan fingerprint density at radius 1 is 1.08 bits per heavy atom. The number of rotatable bonds is 7. The third-order valence-electron chi connectivity index (χ3n) is 3.92. The molecule has 0 fully saturated rings. The molecular weight excluding hydrogens is 441 g/mol. The Hall–Kier alpha value is -1.80. The molecule has 2 aromatic rings. The maximum atomic E-state index is 10.7. The number of ether oxygens (including phenoxy) is 1. The molecule has 0 amide bonds. The molecule has 0 aliphatic carbocycles. The molecule has 1 unspecified atom stereocenters. The number of nitrogens with zero attached hydrogens (tertiary/aromatic N) is 1. The lowest BCUT2D eigenvalue weighted by Crippen LogP contribution is -2.44. The van der Waals surface area contributed by atoms with E-state index < -0.39 is 5.60 Å². The molecule has 0 radical (unpaired) electrons. The third-order valence-corrected chi connectivity index (χ3v) is 3.92. The second kappa shape index (κ2) is 11.0. The number of hydrogen-bond acceptors (Lipinski definition) is 3. The molecule has 0 aromatic heterocycles. The standard InChI is InChI=1S/C20H27N3O2.HI/c1-4-21-19(22-14-16-10-12-18(25-3)13-11-16)23-15-20(2,24)17-8-6-5-7-9-17;/h5-13,24H,4,14-15H2,1-3H3,(H2,21,22,23);1H. The molecule has 1 atom stereocenters. The second-order valence-corrected chi connectivity index (χ2v) is 6.04. The number of hydrogen-bond donors (Lipinski definition) is 3. The van der Waals surface area contributed by atoms with Gasteiger partial charge in [-0.25, -0.2) is 4.99 Å². The average molecular weight is 469 g/mol. The summed E-state index contributed by atoms with van der Waals surface area (Å²) >= 11 is 0. The van der Waals surface area contributed by atoms with Gasteiger partial charge < -0.3 is 20.5 Å². The maximum absolute atomic E-state index is 10.7. The highest BCUT2D eigenvalue weighted by molar-refractivity contribution is 14.0. The van der Waals surface area contributed by atoms with Crippen LogP contribution in [0.3, 0.4) is 0 Å². The van der Waals surface area contributed by atoms with Crippen LogP contribution in [0.1, 0.15) is 25.0 Å². The summed E-state index contributed by atoms with van der Waals surface area (Å²) in [5.74, 6) is 1.51. The largest absolute Gasteiger partial charge is 0.497 e. The van der Waals surface area contributed by atoms with E-state index in [0.29, 0.717) is 19.0 Å². The summed E-state index contributed by atoms with van der Waals surface area (Å²) in [6, 6.07) is 17.5. The van der Waals surface area contributed by atoms with Crippen molar-refractivity contribution in [1.29, 1.82) is 0 Å². The molecule has 0 saturated heterocycles. The fraction of sp³-hybridized carbons (Fsp3) is 0.350. The zero-order valence-electron chi connectivity index (χ0n) is 15.5. The van der Waals surface area contributed by atoms with Crippen LogP contribution in [0.4, 0.5) is 0 Å². The van der Waals surface area contributed by atoms with E-state index in [1.165, 1.54) is 0 Å². The molecule has 5 nitrogen and oxygen atoms in total. The van der Waals surface area contributed by atoms with Gasteiger partial charge in [-0.05, 0) is 37.1 Å². The lowest BCUT2D eigenvalue weighted by atomic mass is 9.96. The zero-order valence-corrected chi connectivity index (χ0v) is 17.9. The van der Waals surface area contributed by atoms with Gasteiger partial charge in [0.05, 0.1) is 20.2 Å². The summed E-state index contributed by atoms with van der Waals surface area (Å²) in [7, 11) is 1.65. The number of benzene rings is 2. The molecule has 26 heavy (non-hydrogen) atoms. The van der Waals surface area contributed by atoms with E-state index in [2.05, 4.69) is 15.6 Å². The van der Waals surface area contributed by atoms with Gasteiger partial charge in [0, 0.05) is 6.54 Å². The summed E-state index contributed by atoms with van der Waals surface area (Å²) in [5.41, 5.74) is 0.985. The minimum atomic E-state index is -0.975. The van der Waals surface area contributed by atoms with Crippen LogP contribution < -0.4 is 15.4 Å². The molecule has 0 saturated carbocycles. The van der Waals surface area contributed by atoms with Crippen LogP contribution in [0, 0.1) is 0 Å². The van der Waals surface area contributed by atoms with Crippen molar-refractivity contribution >= 4 is 29.9 Å². The van der Waals surface area contributed by atoms with Crippen LogP contribution in [0.2, 0.25) is 0 Å². The van der Waals surface area contributed by atoms with E-state index in [4.69, 9.17) is 4.74 Å². The highest BCUT2D eigenvalue weighted by Crippen LogP contribution is 2.18. The predicted octanol–water partition coefficient (Wildman–Crippen LogP) is 3.28. The second-order valence-electron chi connectivity index (χ2n) is 6.04. The molecule has 0 spiro atoms. The fourth-order valence-electron chi connectivity index (χ4n) is 2.40. The lowest BCUT2D eigenvalue weighted by molar-refractivity contribution is 0.0617. The van der Waals surface area contributed by atoms with Crippen molar-refractivity contribution in [3.63, 3.8) is 0 Å².